The van der Waals surface area contributed by atoms with Crippen molar-refractivity contribution >= 4 is 5.91 Å². The predicted octanol–water partition coefficient (Wildman–Crippen LogP) is 0.159. The Balaban J connectivity index is 2.97. The van der Waals surface area contributed by atoms with Gasteiger partial charge in [-0.25, -0.2) is 0 Å². The maximum atomic E-state index is 10.5. The van der Waals surface area contributed by atoms with E-state index in [-0.39, 0.29) is 5.91 Å². The molecular formula is C6H13NO2. The minimum atomic E-state index is 0.0760. The Kier molecular flexibility index (Phi) is 5.21. The van der Waals surface area contributed by atoms with E-state index >= 15 is 0 Å². The fraction of sp³-hybridized carbons (Fsp3) is 0.833. The van der Waals surface area contributed by atoms with Crippen molar-refractivity contribution in [1.29, 1.82) is 0 Å². The van der Waals surface area contributed by atoms with Crippen molar-refractivity contribution in [2.24, 2.45) is 0 Å². The van der Waals surface area contributed by atoms with Crippen LogP contribution in [0, 0.1) is 0 Å². The molecule has 0 rings (SSSR count). The average molecular weight is 131 g/mol. The lowest BCUT2D eigenvalue weighted by atomic mass is 10.4. The molecule has 9 heavy (non-hydrogen) atoms. The van der Waals surface area contributed by atoms with Crippen molar-refractivity contribution in [3.63, 3.8) is 0 Å². The van der Waals surface area contributed by atoms with Crippen LogP contribution in [0.5, 0.6) is 0 Å². The third-order valence-electron chi connectivity index (χ3n) is 0.949. The number of methoxy groups -OCH3 is 1. The zero-order chi connectivity index (χ0) is 7.11. The van der Waals surface area contributed by atoms with Gasteiger partial charge in [-0.3, -0.25) is 4.79 Å². The number of hydrogen-bond acceptors (Lipinski definition) is 2. The lowest BCUT2D eigenvalue weighted by molar-refractivity contribution is -0.120. The van der Waals surface area contributed by atoms with E-state index in [4.69, 9.17) is 4.74 Å². The molecule has 0 aromatic heterocycles. The van der Waals surface area contributed by atoms with Crippen molar-refractivity contribution < 1.29 is 9.53 Å². The van der Waals surface area contributed by atoms with Gasteiger partial charge in [-0.2, -0.15) is 0 Å². The van der Waals surface area contributed by atoms with Gasteiger partial charge < -0.3 is 10.1 Å². The first kappa shape index (κ1) is 8.43. The van der Waals surface area contributed by atoms with Crippen LogP contribution in [0.1, 0.15) is 13.3 Å². The SMILES string of the molecule is CCC(=O)NCCOC. The number of amides is 1. The van der Waals surface area contributed by atoms with Crippen molar-refractivity contribution in [2.75, 3.05) is 20.3 Å². The number of rotatable bonds is 4. The average Bonchev–Trinajstić information content (AvgIpc) is 1.89. The zero-order valence-corrected chi connectivity index (χ0v) is 5.94. The van der Waals surface area contributed by atoms with Gasteiger partial charge in [-0.15, -0.1) is 0 Å². The third-order valence-corrected chi connectivity index (χ3v) is 0.949. The quantitative estimate of drug-likeness (QED) is 0.552. The highest BCUT2D eigenvalue weighted by Crippen LogP contribution is 1.73. The lowest BCUT2D eigenvalue weighted by Gasteiger charge is -1.99. The van der Waals surface area contributed by atoms with E-state index < -0.39 is 0 Å². The minimum absolute atomic E-state index is 0.0760. The molecule has 54 valence electrons. The van der Waals surface area contributed by atoms with Crippen molar-refractivity contribution in [2.45, 2.75) is 13.3 Å². The second-order valence-corrected chi connectivity index (χ2v) is 1.70. The summed E-state index contributed by atoms with van der Waals surface area (Å²) >= 11 is 0. The van der Waals surface area contributed by atoms with E-state index in [1.54, 1.807) is 7.11 Å². The third kappa shape index (κ3) is 5.30. The van der Waals surface area contributed by atoms with Crippen LogP contribution in [0.25, 0.3) is 0 Å². The highest BCUT2D eigenvalue weighted by Gasteiger charge is 1.92. The van der Waals surface area contributed by atoms with Gasteiger partial charge in [0, 0.05) is 20.1 Å². The van der Waals surface area contributed by atoms with Gasteiger partial charge in [0.15, 0.2) is 0 Å². The number of hydrogen-bond donors (Lipinski definition) is 1. The van der Waals surface area contributed by atoms with Gasteiger partial charge >= 0.3 is 0 Å². The monoisotopic (exact) mass is 131 g/mol. The predicted molar refractivity (Wildman–Crippen MR) is 35.2 cm³/mol. The van der Waals surface area contributed by atoms with Crippen LogP contribution in [0.4, 0.5) is 0 Å². The molecule has 1 N–H and O–H groups in total. The molecule has 0 aliphatic heterocycles. The van der Waals surface area contributed by atoms with Crippen molar-refractivity contribution in [3.05, 3.63) is 0 Å². The molecular weight excluding hydrogens is 118 g/mol. The molecule has 0 heterocycles. The molecule has 0 spiro atoms. The van der Waals surface area contributed by atoms with Crippen LogP contribution >= 0.6 is 0 Å². The first-order valence-electron chi connectivity index (χ1n) is 3.07. The highest BCUT2D eigenvalue weighted by atomic mass is 16.5. The summed E-state index contributed by atoms with van der Waals surface area (Å²) in [5.41, 5.74) is 0. The molecule has 0 bridgehead atoms. The van der Waals surface area contributed by atoms with Gasteiger partial charge in [0.2, 0.25) is 5.91 Å². The summed E-state index contributed by atoms with van der Waals surface area (Å²) in [7, 11) is 1.61. The summed E-state index contributed by atoms with van der Waals surface area (Å²) in [5.74, 6) is 0.0760. The van der Waals surface area contributed by atoms with Crippen LogP contribution in [0.15, 0.2) is 0 Å². The molecule has 3 nitrogen and oxygen atoms in total. The largest absolute Gasteiger partial charge is 0.383 e. The molecule has 3 heteroatoms. The molecule has 0 aliphatic rings. The lowest BCUT2D eigenvalue weighted by Crippen LogP contribution is -2.25. The Bertz CT molecular complexity index is 83.1. The Morgan fingerprint density at radius 1 is 1.67 bits per heavy atom. The smallest absolute Gasteiger partial charge is 0.219 e. The van der Waals surface area contributed by atoms with E-state index in [1.165, 1.54) is 0 Å². The number of carbonyl (C=O) groups is 1. The Morgan fingerprint density at radius 2 is 2.33 bits per heavy atom. The number of ether oxygens (including phenoxy) is 1. The van der Waals surface area contributed by atoms with Crippen LogP contribution in [0.2, 0.25) is 0 Å². The second kappa shape index (κ2) is 5.56. The fourth-order valence-corrected chi connectivity index (χ4v) is 0.418. The summed E-state index contributed by atoms with van der Waals surface area (Å²) in [6.07, 6.45) is 0.545. The van der Waals surface area contributed by atoms with Crippen molar-refractivity contribution in [3.8, 4) is 0 Å². The second-order valence-electron chi connectivity index (χ2n) is 1.70. The van der Waals surface area contributed by atoms with Crippen LogP contribution in [-0.2, 0) is 9.53 Å². The fourth-order valence-electron chi connectivity index (χ4n) is 0.418. The first-order valence-corrected chi connectivity index (χ1v) is 3.07. The molecule has 1 amide bonds. The number of nitrogens with one attached hydrogen (secondary N) is 1. The van der Waals surface area contributed by atoms with E-state index in [0.717, 1.165) is 0 Å². The summed E-state index contributed by atoms with van der Waals surface area (Å²) in [5, 5.41) is 2.67. The Labute approximate surface area is 55.4 Å². The van der Waals surface area contributed by atoms with E-state index in [1.807, 2.05) is 6.92 Å². The Hall–Kier alpha value is -0.570. The van der Waals surface area contributed by atoms with Gasteiger partial charge in [-0.05, 0) is 0 Å². The van der Waals surface area contributed by atoms with Gasteiger partial charge in [-0.1, -0.05) is 6.92 Å². The standard InChI is InChI=1S/C6H13NO2/c1-3-6(8)7-4-5-9-2/h3-5H2,1-2H3,(H,7,8). The maximum absolute atomic E-state index is 10.5. The van der Waals surface area contributed by atoms with E-state index in [2.05, 4.69) is 5.32 Å². The molecule has 0 radical (unpaired) electrons. The summed E-state index contributed by atoms with van der Waals surface area (Å²) < 4.78 is 4.72. The Morgan fingerprint density at radius 3 is 2.78 bits per heavy atom. The summed E-state index contributed by atoms with van der Waals surface area (Å²) in [6.45, 7) is 3.02. The molecule has 0 saturated carbocycles. The molecule has 0 saturated heterocycles. The zero-order valence-electron chi connectivity index (χ0n) is 5.94. The summed E-state index contributed by atoms with van der Waals surface area (Å²) in [6, 6.07) is 0. The maximum Gasteiger partial charge on any atom is 0.219 e. The number of carbonyl (C=O) groups excluding carboxylic acids is 1. The first-order chi connectivity index (χ1) is 4.31. The minimum Gasteiger partial charge on any atom is -0.383 e. The van der Waals surface area contributed by atoms with Crippen LogP contribution in [0.3, 0.4) is 0 Å². The molecule has 0 aromatic rings. The summed E-state index contributed by atoms with van der Waals surface area (Å²) in [4.78, 5) is 10.5. The topological polar surface area (TPSA) is 38.3 Å². The highest BCUT2D eigenvalue weighted by molar-refractivity contribution is 5.75. The van der Waals surface area contributed by atoms with E-state index in [9.17, 15) is 4.79 Å². The molecule has 0 aromatic carbocycles. The molecule has 0 fully saturated rings. The van der Waals surface area contributed by atoms with Crippen LogP contribution in [-0.4, -0.2) is 26.2 Å². The molecule has 0 unspecified atom stereocenters. The van der Waals surface area contributed by atoms with Gasteiger partial charge in [0.1, 0.15) is 0 Å². The van der Waals surface area contributed by atoms with E-state index in [0.29, 0.717) is 19.6 Å². The van der Waals surface area contributed by atoms with Crippen LogP contribution < -0.4 is 5.32 Å². The normalized spacial score (nSPS) is 9.11. The van der Waals surface area contributed by atoms with Gasteiger partial charge in [0.25, 0.3) is 0 Å². The molecule has 0 aliphatic carbocycles. The molecule has 0 atom stereocenters. The van der Waals surface area contributed by atoms with Gasteiger partial charge in [0.05, 0.1) is 6.61 Å². The van der Waals surface area contributed by atoms with Crippen molar-refractivity contribution in [1.82, 2.24) is 5.32 Å².